The molecule has 0 fully saturated rings. The van der Waals surface area contributed by atoms with Gasteiger partial charge in [-0.1, -0.05) is 50.1 Å². The van der Waals surface area contributed by atoms with Gasteiger partial charge >= 0.3 is 0 Å². The average Bonchev–Trinajstić information content (AvgIpc) is 2.52. The molecule has 108 valence electrons. The second-order valence-electron chi connectivity index (χ2n) is 5.23. The van der Waals surface area contributed by atoms with Crippen molar-refractivity contribution in [1.29, 1.82) is 0 Å². The number of benzene rings is 2. The lowest BCUT2D eigenvalue weighted by atomic mass is 10.0. The van der Waals surface area contributed by atoms with Crippen LogP contribution >= 0.6 is 0 Å². The third-order valence-corrected chi connectivity index (χ3v) is 3.32. The number of rotatable bonds is 6. The molecule has 1 N–H and O–H groups in total. The molecule has 0 aliphatic rings. The molecule has 0 aliphatic carbocycles. The van der Waals surface area contributed by atoms with Crippen molar-refractivity contribution in [2.45, 2.75) is 26.3 Å². The van der Waals surface area contributed by atoms with Crippen LogP contribution in [0, 0.1) is 12.3 Å². The van der Waals surface area contributed by atoms with E-state index in [0.29, 0.717) is 19.1 Å². The Morgan fingerprint density at radius 1 is 1.14 bits per heavy atom. The molecule has 0 saturated heterocycles. The molecule has 2 aromatic rings. The third-order valence-electron chi connectivity index (χ3n) is 3.32. The van der Waals surface area contributed by atoms with Gasteiger partial charge in [0.1, 0.15) is 12.4 Å². The Morgan fingerprint density at radius 3 is 2.71 bits per heavy atom. The van der Waals surface area contributed by atoms with Crippen molar-refractivity contribution in [3.63, 3.8) is 0 Å². The Hall–Kier alpha value is -2.40. The van der Waals surface area contributed by atoms with Crippen molar-refractivity contribution in [2.75, 3.05) is 11.9 Å². The summed E-state index contributed by atoms with van der Waals surface area (Å²) in [5, 5.41) is 3.44. The maximum absolute atomic E-state index is 5.56. The lowest BCUT2D eigenvalue weighted by Crippen LogP contribution is -2.04. The van der Waals surface area contributed by atoms with E-state index in [1.807, 2.05) is 24.3 Å². The van der Waals surface area contributed by atoms with Gasteiger partial charge in [0.15, 0.2) is 0 Å². The fraction of sp³-hybridized carbons (Fsp3) is 0.263. The summed E-state index contributed by atoms with van der Waals surface area (Å²) in [5.41, 5.74) is 3.55. The van der Waals surface area contributed by atoms with Crippen LogP contribution in [0.5, 0.6) is 5.75 Å². The van der Waals surface area contributed by atoms with Crippen molar-refractivity contribution in [2.24, 2.45) is 0 Å². The quantitative estimate of drug-likeness (QED) is 0.790. The van der Waals surface area contributed by atoms with Crippen LogP contribution in [0.15, 0.2) is 48.5 Å². The van der Waals surface area contributed by atoms with Gasteiger partial charge in [-0.2, -0.15) is 0 Å². The molecule has 0 radical (unpaired) electrons. The molecule has 0 unspecified atom stereocenters. The van der Waals surface area contributed by atoms with Gasteiger partial charge in [-0.25, -0.2) is 0 Å². The molecule has 2 rings (SSSR count). The van der Waals surface area contributed by atoms with Crippen LogP contribution in [-0.2, 0) is 6.54 Å². The molecular formula is C19H21NO. The first-order valence-electron chi connectivity index (χ1n) is 7.18. The van der Waals surface area contributed by atoms with Gasteiger partial charge in [0.25, 0.3) is 0 Å². The van der Waals surface area contributed by atoms with Gasteiger partial charge in [-0.05, 0) is 29.7 Å². The minimum atomic E-state index is 0.292. The Balaban J connectivity index is 2.06. The van der Waals surface area contributed by atoms with Gasteiger partial charge in [-0.3, -0.25) is 0 Å². The summed E-state index contributed by atoms with van der Waals surface area (Å²) < 4.78 is 5.56. The van der Waals surface area contributed by atoms with Crippen molar-refractivity contribution in [3.8, 4) is 18.1 Å². The van der Waals surface area contributed by atoms with E-state index in [0.717, 1.165) is 17.0 Å². The lowest BCUT2D eigenvalue weighted by molar-refractivity contribution is 0.366. The largest absolute Gasteiger partial charge is 0.481 e. The van der Waals surface area contributed by atoms with Crippen LogP contribution in [0.1, 0.15) is 30.9 Å². The molecule has 21 heavy (non-hydrogen) atoms. The number of para-hydroxylation sites is 1. The van der Waals surface area contributed by atoms with Crippen LogP contribution in [0.2, 0.25) is 0 Å². The van der Waals surface area contributed by atoms with Crippen LogP contribution in [0.25, 0.3) is 0 Å². The zero-order valence-corrected chi connectivity index (χ0v) is 12.6. The van der Waals surface area contributed by atoms with Gasteiger partial charge in [0.05, 0.1) is 0 Å². The maximum atomic E-state index is 5.56. The maximum Gasteiger partial charge on any atom is 0.148 e. The molecule has 2 nitrogen and oxygen atoms in total. The molecule has 0 aliphatic heterocycles. The summed E-state index contributed by atoms with van der Waals surface area (Å²) in [6.07, 6.45) is 5.25. The Labute approximate surface area is 127 Å². The minimum absolute atomic E-state index is 0.292. The third kappa shape index (κ3) is 4.29. The van der Waals surface area contributed by atoms with E-state index >= 15 is 0 Å². The Morgan fingerprint density at radius 2 is 1.95 bits per heavy atom. The van der Waals surface area contributed by atoms with E-state index in [9.17, 15) is 0 Å². The first-order valence-corrected chi connectivity index (χ1v) is 7.18. The molecular weight excluding hydrogens is 258 g/mol. The number of hydrogen-bond acceptors (Lipinski definition) is 2. The SMILES string of the molecule is C#CCOc1ccccc1CNc1cccc(C(C)C)c1. The predicted molar refractivity (Wildman–Crippen MR) is 88.6 cm³/mol. The zero-order chi connectivity index (χ0) is 15.1. The molecule has 0 amide bonds. The fourth-order valence-electron chi connectivity index (χ4n) is 2.12. The first-order chi connectivity index (χ1) is 10.2. The summed E-state index contributed by atoms with van der Waals surface area (Å²) >= 11 is 0. The van der Waals surface area contributed by atoms with E-state index in [2.05, 4.69) is 49.4 Å². The summed E-state index contributed by atoms with van der Waals surface area (Å²) in [4.78, 5) is 0. The molecule has 0 bridgehead atoms. The average molecular weight is 279 g/mol. The zero-order valence-electron chi connectivity index (χ0n) is 12.6. The standard InChI is InChI=1S/C19H21NO/c1-4-12-21-19-11-6-5-8-17(19)14-20-18-10-7-9-16(13-18)15(2)3/h1,5-11,13,15,20H,12,14H2,2-3H3. The number of ether oxygens (including phenoxy) is 1. The van der Waals surface area contributed by atoms with E-state index in [1.165, 1.54) is 5.56 Å². The van der Waals surface area contributed by atoms with Gasteiger partial charge in [-0.15, -0.1) is 6.42 Å². The van der Waals surface area contributed by atoms with Crippen molar-refractivity contribution < 1.29 is 4.74 Å². The second-order valence-corrected chi connectivity index (χ2v) is 5.23. The number of hydrogen-bond donors (Lipinski definition) is 1. The van der Waals surface area contributed by atoms with E-state index in [4.69, 9.17) is 11.2 Å². The predicted octanol–water partition coefficient (Wildman–Crippen LogP) is 4.43. The Kier molecular flexibility index (Phi) is 5.29. The van der Waals surface area contributed by atoms with Gasteiger partial charge in [0.2, 0.25) is 0 Å². The summed E-state index contributed by atoms with van der Waals surface area (Å²) in [6.45, 7) is 5.40. The molecule has 0 heterocycles. The number of nitrogens with one attached hydrogen (secondary N) is 1. The van der Waals surface area contributed by atoms with Crippen LogP contribution in [-0.4, -0.2) is 6.61 Å². The topological polar surface area (TPSA) is 21.3 Å². The second kappa shape index (κ2) is 7.40. The summed E-state index contributed by atoms with van der Waals surface area (Å²) in [7, 11) is 0. The monoisotopic (exact) mass is 279 g/mol. The number of anilines is 1. The van der Waals surface area contributed by atoms with Crippen LogP contribution in [0.4, 0.5) is 5.69 Å². The molecule has 0 spiro atoms. The highest BCUT2D eigenvalue weighted by Gasteiger charge is 2.04. The van der Waals surface area contributed by atoms with E-state index in [-0.39, 0.29) is 0 Å². The van der Waals surface area contributed by atoms with Crippen LogP contribution < -0.4 is 10.1 Å². The van der Waals surface area contributed by atoms with Crippen molar-refractivity contribution in [1.82, 2.24) is 0 Å². The molecule has 2 heteroatoms. The molecule has 0 atom stereocenters. The number of terminal acetylenes is 1. The van der Waals surface area contributed by atoms with Gasteiger partial charge in [0, 0.05) is 17.8 Å². The highest BCUT2D eigenvalue weighted by atomic mass is 16.5. The van der Waals surface area contributed by atoms with E-state index < -0.39 is 0 Å². The fourth-order valence-corrected chi connectivity index (χ4v) is 2.12. The normalized spacial score (nSPS) is 10.2. The smallest absolute Gasteiger partial charge is 0.148 e. The molecule has 0 saturated carbocycles. The van der Waals surface area contributed by atoms with Crippen molar-refractivity contribution >= 4 is 5.69 Å². The first kappa shape index (κ1) is 15.0. The Bertz CT molecular complexity index is 625. The summed E-state index contributed by atoms with van der Waals surface area (Å²) in [6, 6.07) is 16.5. The minimum Gasteiger partial charge on any atom is -0.481 e. The van der Waals surface area contributed by atoms with E-state index in [1.54, 1.807) is 0 Å². The highest BCUT2D eigenvalue weighted by molar-refractivity contribution is 5.48. The molecule has 0 aromatic heterocycles. The van der Waals surface area contributed by atoms with Crippen molar-refractivity contribution in [3.05, 3.63) is 59.7 Å². The molecule has 2 aromatic carbocycles. The highest BCUT2D eigenvalue weighted by Crippen LogP contribution is 2.22. The van der Waals surface area contributed by atoms with Crippen LogP contribution in [0.3, 0.4) is 0 Å². The van der Waals surface area contributed by atoms with Gasteiger partial charge < -0.3 is 10.1 Å². The summed E-state index contributed by atoms with van der Waals surface area (Å²) in [5.74, 6) is 3.86. The lowest BCUT2D eigenvalue weighted by Gasteiger charge is -2.13.